The Morgan fingerprint density at radius 2 is 2.33 bits per heavy atom. The summed E-state index contributed by atoms with van der Waals surface area (Å²) in [6.45, 7) is 2.18. The molecule has 1 unspecified atom stereocenters. The van der Waals surface area contributed by atoms with Crippen LogP contribution in [0.4, 0.5) is 5.69 Å². The molecule has 18 heavy (non-hydrogen) atoms. The first kappa shape index (κ1) is 14.6. The molecule has 0 fully saturated rings. The molecule has 3 N–H and O–H groups in total. The van der Waals surface area contributed by atoms with Crippen LogP contribution >= 0.6 is 11.8 Å². The number of hydrogen-bond acceptors (Lipinski definition) is 5. The Balaban J connectivity index is 2.84. The fourth-order valence-electron chi connectivity index (χ4n) is 1.70. The van der Waals surface area contributed by atoms with E-state index < -0.39 is 0 Å². The predicted octanol–water partition coefficient (Wildman–Crippen LogP) is 1.75. The maximum Gasteiger partial charge on any atom is 0.188 e. The largest absolute Gasteiger partial charge is 0.409 e. The van der Waals surface area contributed by atoms with Gasteiger partial charge in [-0.1, -0.05) is 12.1 Å². The zero-order chi connectivity index (χ0) is 13.5. The van der Waals surface area contributed by atoms with Gasteiger partial charge in [-0.2, -0.15) is 11.8 Å². The second kappa shape index (κ2) is 7.10. The molecule has 0 aliphatic rings. The molecule has 1 atom stereocenters. The quantitative estimate of drug-likeness (QED) is 0.356. The maximum absolute atomic E-state index is 8.57. The Morgan fingerprint density at radius 3 is 2.78 bits per heavy atom. The number of amidine groups is 1. The summed E-state index contributed by atoms with van der Waals surface area (Å²) in [6.07, 6.45) is 4.94. The van der Waals surface area contributed by atoms with Gasteiger partial charge in [0.25, 0.3) is 0 Å². The van der Waals surface area contributed by atoms with E-state index in [1.165, 1.54) is 0 Å². The van der Waals surface area contributed by atoms with Gasteiger partial charge in [0.2, 0.25) is 0 Å². The Morgan fingerprint density at radius 1 is 1.61 bits per heavy atom. The highest BCUT2D eigenvalue weighted by Crippen LogP contribution is 2.18. The van der Waals surface area contributed by atoms with E-state index in [2.05, 4.69) is 35.3 Å². The normalized spacial score (nSPS) is 13.4. The maximum atomic E-state index is 8.57. The molecule has 0 aliphatic heterocycles. The van der Waals surface area contributed by atoms with E-state index in [4.69, 9.17) is 10.9 Å². The Labute approximate surface area is 112 Å². The minimum Gasteiger partial charge on any atom is -0.409 e. The van der Waals surface area contributed by atoms with Crippen molar-refractivity contribution in [2.75, 3.05) is 24.0 Å². The van der Waals surface area contributed by atoms with Crippen LogP contribution in [0, 0.1) is 0 Å². The van der Waals surface area contributed by atoms with Crippen LogP contribution in [0.15, 0.2) is 23.5 Å². The number of anilines is 1. The van der Waals surface area contributed by atoms with Crippen molar-refractivity contribution in [2.24, 2.45) is 10.9 Å². The van der Waals surface area contributed by atoms with E-state index in [-0.39, 0.29) is 5.84 Å². The van der Waals surface area contributed by atoms with E-state index in [0.29, 0.717) is 11.7 Å². The van der Waals surface area contributed by atoms with Crippen LogP contribution in [-0.4, -0.2) is 41.1 Å². The van der Waals surface area contributed by atoms with Gasteiger partial charge in [-0.15, -0.1) is 0 Å². The lowest BCUT2D eigenvalue weighted by molar-refractivity contribution is 0.318. The molecule has 6 heteroatoms. The van der Waals surface area contributed by atoms with Gasteiger partial charge in [0, 0.05) is 18.8 Å². The molecule has 5 nitrogen and oxygen atoms in total. The zero-order valence-corrected chi connectivity index (χ0v) is 11.8. The van der Waals surface area contributed by atoms with E-state index in [1.54, 1.807) is 12.3 Å². The molecule has 1 rings (SSSR count). The topological polar surface area (TPSA) is 74.7 Å². The van der Waals surface area contributed by atoms with E-state index >= 15 is 0 Å². The van der Waals surface area contributed by atoms with Gasteiger partial charge in [0.1, 0.15) is 5.69 Å². The van der Waals surface area contributed by atoms with E-state index in [9.17, 15) is 0 Å². The molecule has 0 saturated heterocycles. The van der Waals surface area contributed by atoms with E-state index in [0.717, 1.165) is 17.9 Å². The highest BCUT2D eigenvalue weighted by molar-refractivity contribution is 7.98. The summed E-state index contributed by atoms with van der Waals surface area (Å²) in [7, 11) is 2.06. The SMILES string of the molecule is CCC(CSC)N(C)c1ccc(/C(N)=N/O)nc1. The molecule has 0 spiro atoms. The lowest BCUT2D eigenvalue weighted by atomic mass is 10.2. The summed E-state index contributed by atoms with van der Waals surface area (Å²) in [4.78, 5) is 6.39. The smallest absolute Gasteiger partial charge is 0.188 e. The Kier molecular flexibility index (Phi) is 5.77. The van der Waals surface area contributed by atoms with Gasteiger partial charge in [-0.25, -0.2) is 0 Å². The predicted molar refractivity (Wildman–Crippen MR) is 77.6 cm³/mol. The molecule has 0 bridgehead atoms. The first-order valence-corrected chi connectivity index (χ1v) is 7.19. The second-order valence-corrected chi connectivity index (χ2v) is 4.93. The van der Waals surface area contributed by atoms with Crippen LogP contribution in [0.25, 0.3) is 0 Å². The molecule has 0 radical (unpaired) electrons. The number of nitrogens with zero attached hydrogens (tertiary/aromatic N) is 3. The molecule has 0 aliphatic carbocycles. The molecule has 0 amide bonds. The summed E-state index contributed by atoms with van der Waals surface area (Å²) in [5.74, 6) is 1.11. The van der Waals surface area contributed by atoms with Gasteiger partial charge in [-0.05, 0) is 24.8 Å². The zero-order valence-electron chi connectivity index (χ0n) is 11.0. The lowest BCUT2D eigenvalue weighted by Gasteiger charge is -2.28. The number of nitrogens with two attached hydrogens (primary N) is 1. The van der Waals surface area contributed by atoms with Gasteiger partial charge < -0.3 is 15.8 Å². The Hall–Kier alpha value is -1.43. The number of hydrogen-bond donors (Lipinski definition) is 2. The highest BCUT2D eigenvalue weighted by atomic mass is 32.2. The van der Waals surface area contributed by atoms with Crippen LogP contribution in [0.1, 0.15) is 19.0 Å². The van der Waals surface area contributed by atoms with Crippen molar-refractivity contribution < 1.29 is 5.21 Å². The molecule has 1 heterocycles. The summed E-state index contributed by atoms with van der Waals surface area (Å²) in [6, 6.07) is 4.17. The van der Waals surface area contributed by atoms with Crippen LogP contribution in [-0.2, 0) is 0 Å². The third-order valence-electron chi connectivity index (χ3n) is 2.90. The van der Waals surface area contributed by atoms with Crippen LogP contribution < -0.4 is 10.6 Å². The van der Waals surface area contributed by atoms with Gasteiger partial charge in [-0.3, -0.25) is 4.98 Å². The summed E-state index contributed by atoms with van der Waals surface area (Å²) >= 11 is 1.83. The lowest BCUT2D eigenvalue weighted by Crippen LogP contribution is -2.33. The van der Waals surface area contributed by atoms with Crippen molar-refractivity contribution in [3.05, 3.63) is 24.0 Å². The summed E-state index contributed by atoms with van der Waals surface area (Å²) in [5, 5.41) is 11.5. The van der Waals surface area contributed by atoms with Crippen molar-refractivity contribution in [1.82, 2.24) is 4.98 Å². The van der Waals surface area contributed by atoms with Crippen molar-refractivity contribution in [3.63, 3.8) is 0 Å². The standard InChI is InChI=1S/C12H20N4OS/c1-4-9(8-18-3)16(2)10-5-6-11(14-7-10)12(13)15-17/h5-7,9,17H,4,8H2,1-3H3,(H2,13,15). The highest BCUT2D eigenvalue weighted by Gasteiger charge is 2.13. The molecule has 0 aromatic carbocycles. The number of pyridine rings is 1. The molecule has 1 aromatic heterocycles. The van der Waals surface area contributed by atoms with Gasteiger partial charge in [0.05, 0.1) is 11.9 Å². The van der Waals surface area contributed by atoms with Crippen LogP contribution in [0.2, 0.25) is 0 Å². The minimum atomic E-state index is 0.0281. The van der Waals surface area contributed by atoms with Crippen molar-refractivity contribution in [3.8, 4) is 0 Å². The number of aromatic nitrogens is 1. The molecule has 100 valence electrons. The van der Waals surface area contributed by atoms with Crippen molar-refractivity contribution in [1.29, 1.82) is 0 Å². The van der Waals surface area contributed by atoms with Gasteiger partial charge in [0.15, 0.2) is 5.84 Å². The summed E-state index contributed by atoms with van der Waals surface area (Å²) < 4.78 is 0. The fourth-order valence-corrected chi connectivity index (χ4v) is 2.55. The fraction of sp³-hybridized carbons (Fsp3) is 0.500. The number of oxime groups is 1. The second-order valence-electron chi connectivity index (χ2n) is 4.02. The average molecular weight is 268 g/mol. The summed E-state index contributed by atoms with van der Waals surface area (Å²) in [5.41, 5.74) is 6.99. The molecule has 1 aromatic rings. The molecule has 0 saturated carbocycles. The molecular formula is C12H20N4OS. The minimum absolute atomic E-state index is 0.0281. The van der Waals surface area contributed by atoms with Crippen LogP contribution in [0.3, 0.4) is 0 Å². The van der Waals surface area contributed by atoms with E-state index in [1.807, 2.05) is 17.8 Å². The monoisotopic (exact) mass is 268 g/mol. The first-order chi connectivity index (χ1) is 8.63. The van der Waals surface area contributed by atoms with Crippen LogP contribution in [0.5, 0.6) is 0 Å². The number of thioether (sulfide) groups is 1. The molecular weight excluding hydrogens is 248 g/mol. The third-order valence-corrected chi connectivity index (χ3v) is 3.62. The van der Waals surface area contributed by atoms with Crippen molar-refractivity contribution >= 4 is 23.3 Å². The Bertz CT molecular complexity index is 394. The van der Waals surface area contributed by atoms with Gasteiger partial charge >= 0.3 is 0 Å². The number of rotatable bonds is 6. The third kappa shape index (κ3) is 3.53. The average Bonchev–Trinajstić information content (AvgIpc) is 2.43. The van der Waals surface area contributed by atoms with Crippen molar-refractivity contribution in [2.45, 2.75) is 19.4 Å². The first-order valence-electron chi connectivity index (χ1n) is 5.79.